The van der Waals surface area contributed by atoms with Gasteiger partial charge in [-0.2, -0.15) is 13.2 Å². The molecule has 0 aliphatic carbocycles. The molecule has 2 N–H and O–H groups in total. The van der Waals surface area contributed by atoms with E-state index in [1.807, 2.05) is 36.1 Å². The molecule has 9 heteroatoms. The maximum Gasteiger partial charge on any atom is 0.416 e. The van der Waals surface area contributed by atoms with E-state index < -0.39 is 17.8 Å². The largest absolute Gasteiger partial charge is 0.491 e. The van der Waals surface area contributed by atoms with Crippen LogP contribution in [0.15, 0.2) is 48.5 Å². The average Bonchev–Trinajstić information content (AvgIpc) is 2.78. The van der Waals surface area contributed by atoms with Gasteiger partial charge in [0.15, 0.2) is 0 Å². The summed E-state index contributed by atoms with van der Waals surface area (Å²) in [6.07, 6.45) is -4.97. The van der Waals surface area contributed by atoms with Crippen LogP contribution >= 0.6 is 0 Å². The Morgan fingerprint density at radius 1 is 1.03 bits per heavy atom. The molecule has 2 aromatic carbocycles. The molecule has 1 unspecified atom stereocenters. The minimum Gasteiger partial charge on any atom is -0.491 e. The number of aryl methyl sites for hydroxylation is 1. The molecule has 180 valence electrons. The van der Waals surface area contributed by atoms with Gasteiger partial charge in [0.05, 0.1) is 12.1 Å². The predicted octanol–water partition coefficient (Wildman–Crippen LogP) is 2.69. The zero-order chi connectivity index (χ0) is 23.8. The second kappa shape index (κ2) is 11.5. The van der Waals surface area contributed by atoms with Gasteiger partial charge < -0.3 is 15.2 Å². The Kier molecular flexibility index (Phi) is 8.71. The number of benzene rings is 2. The molecule has 1 aliphatic rings. The van der Waals surface area contributed by atoms with E-state index in [1.165, 1.54) is 12.1 Å². The lowest BCUT2D eigenvalue weighted by Crippen LogP contribution is -2.51. The van der Waals surface area contributed by atoms with Crippen molar-refractivity contribution in [2.24, 2.45) is 0 Å². The lowest BCUT2D eigenvalue weighted by atomic mass is 10.1. The number of aliphatic hydroxyl groups excluding tert-OH is 1. The van der Waals surface area contributed by atoms with E-state index in [4.69, 9.17) is 4.74 Å². The van der Waals surface area contributed by atoms with Crippen LogP contribution in [0.4, 0.5) is 13.2 Å². The first kappa shape index (κ1) is 25.0. The second-order valence-electron chi connectivity index (χ2n) is 8.33. The molecular weight excluding hydrogens is 435 g/mol. The summed E-state index contributed by atoms with van der Waals surface area (Å²) in [5.74, 6) is 0.557. The van der Waals surface area contributed by atoms with Crippen LogP contribution < -0.4 is 10.1 Å². The smallest absolute Gasteiger partial charge is 0.416 e. The molecule has 1 heterocycles. The summed E-state index contributed by atoms with van der Waals surface area (Å²) in [5.41, 5.74) is 1.05. The zero-order valence-electron chi connectivity index (χ0n) is 18.6. The minimum atomic E-state index is -4.37. The summed E-state index contributed by atoms with van der Waals surface area (Å²) < 4.78 is 43.5. The average molecular weight is 466 g/mol. The van der Waals surface area contributed by atoms with E-state index in [0.29, 0.717) is 25.2 Å². The maximum absolute atomic E-state index is 12.6. The van der Waals surface area contributed by atoms with Crippen molar-refractivity contribution in [3.8, 4) is 5.75 Å². The van der Waals surface area contributed by atoms with Crippen LogP contribution in [0.1, 0.15) is 16.7 Å². The van der Waals surface area contributed by atoms with Gasteiger partial charge in [-0.25, -0.2) is 0 Å². The molecule has 1 atom stereocenters. The van der Waals surface area contributed by atoms with E-state index in [9.17, 15) is 23.1 Å². The highest BCUT2D eigenvalue weighted by Crippen LogP contribution is 2.29. The van der Waals surface area contributed by atoms with Gasteiger partial charge in [-0.15, -0.1) is 0 Å². The number of rotatable bonds is 9. The quantitative estimate of drug-likeness (QED) is 0.596. The number of amides is 1. The summed E-state index contributed by atoms with van der Waals surface area (Å²) in [7, 11) is 0. The summed E-state index contributed by atoms with van der Waals surface area (Å²) in [4.78, 5) is 16.4. The Hall–Kier alpha value is -2.62. The molecule has 1 saturated heterocycles. The number of carbonyl (C=O) groups excluding carboxylic acids is 1. The van der Waals surface area contributed by atoms with Crippen molar-refractivity contribution in [2.75, 3.05) is 45.9 Å². The van der Waals surface area contributed by atoms with Gasteiger partial charge in [0.1, 0.15) is 18.5 Å². The fraction of sp³-hybridized carbons (Fsp3) is 0.458. The van der Waals surface area contributed by atoms with Crippen LogP contribution in [0.3, 0.4) is 0 Å². The molecule has 0 spiro atoms. The molecule has 0 radical (unpaired) electrons. The SMILES string of the molecule is Cc1ccc(OCC(O)CN2CCN(CC(=O)NCc3ccc(C(F)(F)F)cc3)CC2)cc1. The molecule has 0 aromatic heterocycles. The third-order valence-electron chi connectivity index (χ3n) is 5.54. The molecule has 0 bridgehead atoms. The number of alkyl halides is 3. The molecular formula is C24H30F3N3O3. The van der Waals surface area contributed by atoms with Crippen LogP contribution in [0.25, 0.3) is 0 Å². The molecule has 1 amide bonds. The van der Waals surface area contributed by atoms with Gasteiger partial charge in [0, 0.05) is 39.3 Å². The fourth-order valence-electron chi connectivity index (χ4n) is 3.58. The van der Waals surface area contributed by atoms with E-state index in [0.717, 1.165) is 36.5 Å². The summed E-state index contributed by atoms with van der Waals surface area (Å²) >= 11 is 0. The van der Waals surface area contributed by atoms with Gasteiger partial charge in [-0.1, -0.05) is 29.8 Å². The fourth-order valence-corrected chi connectivity index (χ4v) is 3.58. The van der Waals surface area contributed by atoms with E-state index >= 15 is 0 Å². The van der Waals surface area contributed by atoms with Crippen molar-refractivity contribution in [1.29, 1.82) is 0 Å². The monoisotopic (exact) mass is 465 g/mol. The van der Waals surface area contributed by atoms with Crippen molar-refractivity contribution < 1.29 is 27.8 Å². The number of halogens is 3. The molecule has 6 nitrogen and oxygen atoms in total. The van der Waals surface area contributed by atoms with Crippen LogP contribution in [-0.2, 0) is 17.5 Å². The van der Waals surface area contributed by atoms with Crippen LogP contribution in [-0.4, -0.2) is 72.8 Å². The van der Waals surface area contributed by atoms with E-state index in [1.54, 1.807) is 0 Å². The van der Waals surface area contributed by atoms with Gasteiger partial charge >= 0.3 is 6.18 Å². The van der Waals surface area contributed by atoms with Crippen molar-refractivity contribution in [3.63, 3.8) is 0 Å². The topological polar surface area (TPSA) is 65.0 Å². The molecule has 0 saturated carbocycles. The number of nitrogens with zero attached hydrogens (tertiary/aromatic N) is 2. The number of aliphatic hydroxyl groups is 1. The summed E-state index contributed by atoms with van der Waals surface area (Å²) in [6, 6.07) is 12.4. The minimum absolute atomic E-state index is 0.171. The number of hydrogen-bond acceptors (Lipinski definition) is 5. The Balaban J connectivity index is 1.31. The van der Waals surface area contributed by atoms with Gasteiger partial charge in [-0.3, -0.25) is 14.6 Å². The normalized spacial score (nSPS) is 16.4. The summed E-state index contributed by atoms with van der Waals surface area (Å²) in [6.45, 7) is 5.98. The molecule has 1 aliphatic heterocycles. The summed E-state index contributed by atoms with van der Waals surface area (Å²) in [5, 5.41) is 13.0. The van der Waals surface area contributed by atoms with Gasteiger partial charge in [-0.05, 0) is 36.8 Å². The standard InChI is InChI=1S/C24H30F3N3O3/c1-18-2-8-22(9-3-18)33-17-21(31)15-29-10-12-30(13-11-29)16-23(32)28-14-19-4-6-20(7-5-19)24(25,26)27/h2-9,21,31H,10-17H2,1H3,(H,28,32). The van der Waals surface area contributed by atoms with Crippen LogP contribution in [0, 0.1) is 6.92 Å². The third kappa shape index (κ3) is 8.34. The van der Waals surface area contributed by atoms with Crippen molar-refractivity contribution in [2.45, 2.75) is 25.7 Å². The maximum atomic E-state index is 12.6. The first-order valence-electron chi connectivity index (χ1n) is 10.9. The highest BCUT2D eigenvalue weighted by molar-refractivity contribution is 5.78. The zero-order valence-corrected chi connectivity index (χ0v) is 18.6. The second-order valence-corrected chi connectivity index (χ2v) is 8.33. The van der Waals surface area contributed by atoms with E-state index in [2.05, 4.69) is 10.2 Å². The number of ether oxygens (including phenoxy) is 1. The highest BCUT2D eigenvalue weighted by Gasteiger charge is 2.30. The molecule has 1 fully saturated rings. The lowest BCUT2D eigenvalue weighted by molar-refractivity contribution is -0.137. The van der Waals surface area contributed by atoms with Gasteiger partial charge in [0.2, 0.25) is 5.91 Å². The molecule has 2 aromatic rings. The van der Waals surface area contributed by atoms with E-state index in [-0.39, 0.29) is 25.6 Å². The number of hydrogen-bond donors (Lipinski definition) is 2. The Labute approximate surface area is 191 Å². The van der Waals surface area contributed by atoms with Crippen molar-refractivity contribution >= 4 is 5.91 Å². The molecule has 3 rings (SSSR count). The Bertz CT molecular complexity index is 881. The number of carbonyl (C=O) groups is 1. The Morgan fingerprint density at radius 3 is 2.24 bits per heavy atom. The molecule has 33 heavy (non-hydrogen) atoms. The van der Waals surface area contributed by atoms with Crippen LogP contribution in [0.2, 0.25) is 0 Å². The first-order valence-corrected chi connectivity index (χ1v) is 10.9. The lowest BCUT2D eigenvalue weighted by Gasteiger charge is -2.35. The first-order chi connectivity index (χ1) is 15.7. The van der Waals surface area contributed by atoms with Crippen molar-refractivity contribution in [1.82, 2.24) is 15.1 Å². The Morgan fingerprint density at radius 2 is 1.64 bits per heavy atom. The number of β-amino-alcohol motifs (C(OH)–C–C–N with tert-alkyl or cyclic N) is 1. The van der Waals surface area contributed by atoms with Gasteiger partial charge in [0.25, 0.3) is 0 Å². The van der Waals surface area contributed by atoms with Crippen LogP contribution in [0.5, 0.6) is 5.75 Å². The van der Waals surface area contributed by atoms with Crippen molar-refractivity contribution in [3.05, 3.63) is 65.2 Å². The number of piperazine rings is 1. The predicted molar refractivity (Wildman–Crippen MR) is 119 cm³/mol. The highest BCUT2D eigenvalue weighted by atomic mass is 19.4. The number of nitrogens with one attached hydrogen (secondary N) is 1. The third-order valence-corrected chi connectivity index (χ3v) is 5.54.